The maximum absolute atomic E-state index is 12.8. The largest absolute Gasteiger partial charge is 0.434 e. The Labute approximate surface area is 86.6 Å². The van der Waals surface area contributed by atoms with Gasteiger partial charge in [-0.05, 0) is 0 Å². The lowest BCUT2D eigenvalue weighted by molar-refractivity contribution is -0.385. The Kier molecular flexibility index (Phi) is 3.44. The molecule has 0 aromatic heterocycles. The van der Waals surface area contributed by atoms with Gasteiger partial charge in [0.25, 0.3) is 5.69 Å². The summed E-state index contributed by atoms with van der Waals surface area (Å²) >= 11 is 0. The van der Waals surface area contributed by atoms with Crippen molar-refractivity contribution in [3.8, 4) is 5.75 Å². The van der Waals surface area contributed by atoms with Crippen molar-refractivity contribution in [3.63, 3.8) is 0 Å². The van der Waals surface area contributed by atoms with E-state index in [1.54, 1.807) is 0 Å². The van der Waals surface area contributed by atoms with Gasteiger partial charge in [-0.2, -0.15) is 8.78 Å². The fourth-order valence-corrected chi connectivity index (χ4v) is 1.04. The van der Waals surface area contributed by atoms with Crippen molar-refractivity contribution in [1.29, 1.82) is 0 Å². The average molecular weight is 235 g/mol. The standard InChI is InChI=1S/C8H4F3NO4/c9-4-1-6(12(14)15)5(3-13)7(2-4)16-8(10)11/h1-3,8H. The zero-order valence-corrected chi connectivity index (χ0v) is 7.52. The molecule has 0 amide bonds. The van der Waals surface area contributed by atoms with Crippen LogP contribution in [0.3, 0.4) is 0 Å². The molecule has 0 N–H and O–H groups in total. The highest BCUT2D eigenvalue weighted by atomic mass is 19.3. The van der Waals surface area contributed by atoms with Gasteiger partial charge in [-0.25, -0.2) is 4.39 Å². The van der Waals surface area contributed by atoms with E-state index in [2.05, 4.69) is 4.74 Å². The van der Waals surface area contributed by atoms with Crippen LogP contribution in [0.4, 0.5) is 18.9 Å². The van der Waals surface area contributed by atoms with Crippen LogP contribution in [0.2, 0.25) is 0 Å². The van der Waals surface area contributed by atoms with Crippen LogP contribution in [0.25, 0.3) is 0 Å². The number of halogens is 3. The average Bonchev–Trinajstić information content (AvgIpc) is 2.15. The summed E-state index contributed by atoms with van der Waals surface area (Å²) in [7, 11) is 0. The zero-order valence-electron chi connectivity index (χ0n) is 7.52. The van der Waals surface area contributed by atoms with Gasteiger partial charge in [0.15, 0.2) is 6.29 Å². The van der Waals surface area contributed by atoms with Crippen LogP contribution >= 0.6 is 0 Å². The van der Waals surface area contributed by atoms with E-state index in [1.807, 2.05) is 0 Å². The summed E-state index contributed by atoms with van der Waals surface area (Å²) < 4.78 is 40.4. The lowest BCUT2D eigenvalue weighted by Crippen LogP contribution is -2.06. The second-order valence-electron chi connectivity index (χ2n) is 2.59. The highest BCUT2D eigenvalue weighted by Gasteiger charge is 2.22. The van der Waals surface area contributed by atoms with Gasteiger partial charge < -0.3 is 4.74 Å². The van der Waals surface area contributed by atoms with E-state index in [-0.39, 0.29) is 6.29 Å². The first-order valence-corrected chi connectivity index (χ1v) is 3.83. The Hall–Kier alpha value is -2.12. The van der Waals surface area contributed by atoms with Gasteiger partial charge in [0.05, 0.1) is 11.0 Å². The summed E-state index contributed by atoms with van der Waals surface area (Å²) in [6, 6.07) is 0.922. The van der Waals surface area contributed by atoms with E-state index in [1.165, 1.54) is 0 Å². The third-order valence-electron chi connectivity index (χ3n) is 1.62. The predicted molar refractivity (Wildman–Crippen MR) is 45.1 cm³/mol. The maximum Gasteiger partial charge on any atom is 0.387 e. The van der Waals surface area contributed by atoms with Gasteiger partial charge in [-0.3, -0.25) is 14.9 Å². The summed E-state index contributed by atoms with van der Waals surface area (Å²) in [4.78, 5) is 19.8. The minimum atomic E-state index is -3.31. The molecule has 0 heterocycles. The van der Waals surface area contributed by atoms with Crippen molar-refractivity contribution < 1.29 is 27.6 Å². The Morgan fingerprint density at radius 3 is 2.50 bits per heavy atom. The zero-order chi connectivity index (χ0) is 12.3. The fraction of sp³-hybridized carbons (Fsp3) is 0.125. The summed E-state index contributed by atoms with van der Waals surface area (Å²) in [6.07, 6.45) is -0.0463. The summed E-state index contributed by atoms with van der Waals surface area (Å²) in [5.74, 6) is -2.01. The summed E-state index contributed by atoms with van der Waals surface area (Å²) in [5, 5.41) is 10.4. The molecule has 86 valence electrons. The van der Waals surface area contributed by atoms with Crippen molar-refractivity contribution in [2.45, 2.75) is 6.61 Å². The highest BCUT2D eigenvalue weighted by molar-refractivity contribution is 5.85. The van der Waals surface area contributed by atoms with Crippen LogP contribution in [-0.4, -0.2) is 17.8 Å². The van der Waals surface area contributed by atoms with E-state index < -0.39 is 34.4 Å². The summed E-state index contributed by atoms with van der Waals surface area (Å²) in [5.41, 5.74) is -1.66. The molecule has 1 rings (SSSR count). The molecule has 0 saturated heterocycles. The van der Waals surface area contributed by atoms with Gasteiger partial charge in [-0.15, -0.1) is 0 Å². The van der Waals surface area contributed by atoms with Crippen LogP contribution in [-0.2, 0) is 0 Å². The number of carbonyl (C=O) groups is 1. The molecule has 16 heavy (non-hydrogen) atoms. The summed E-state index contributed by atoms with van der Waals surface area (Å²) in [6.45, 7) is -3.31. The van der Waals surface area contributed by atoms with E-state index in [9.17, 15) is 28.1 Å². The SMILES string of the molecule is O=Cc1c(OC(F)F)cc(F)cc1[N+](=O)[O-]. The molecule has 0 bridgehead atoms. The number of alkyl halides is 2. The number of hydrogen-bond donors (Lipinski definition) is 0. The van der Waals surface area contributed by atoms with Crippen molar-refractivity contribution in [2.24, 2.45) is 0 Å². The first kappa shape index (κ1) is 12.0. The quantitative estimate of drug-likeness (QED) is 0.455. The molecule has 1 aromatic rings. The minimum absolute atomic E-state index is 0.0463. The molecule has 0 saturated carbocycles. The molecule has 5 nitrogen and oxygen atoms in total. The molecule has 0 spiro atoms. The fourth-order valence-electron chi connectivity index (χ4n) is 1.04. The number of benzene rings is 1. The van der Waals surface area contributed by atoms with E-state index in [4.69, 9.17) is 0 Å². The molecule has 8 heteroatoms. The third kappa shape index (κ3) is 2.47. The lowest BCUT2D eigenvalue weighted by Gasteiger charge is -2.07. The number of aldehydes is 1. The number of hydrogen-bond acceptors (Lipinski definition) is 4. The number of nitro benzene ring substituents is 1. The topological polar surface area (TPSA) is 69.4 Å². The van der Waals surface area contributed by atoms with Crippen molar-refractivity contribution in [2.75, 3.05) is 0 Å². The van der Waals surface area contributed by atoms with Crippen LogP contribution < -0.4 is 4.74 Å². The molecule has 0 atom stereocenters. The van der Waals surface area contributed by atoms with Gasteiger partial charge in [0.2, 0.25) is 0 Å². The van der Waals surface area contributed by atoms with Gasteiger partial charge in [0.1, 0.15) is 17.1 Å². The minimum Gasteiger partial charge on any atom is -0.434 e. The Morgan fingerprint density at radius 2 is 2.06 bits per heavy atom. The Balaban J connectivity index is 3.35. The molecule has 0 fully saturated rings. The first-order chi connectivity index (χ1) is 7.45. The normalized spacial score (nSPS) is 10.2. The molecule has 0 aliphatic carbocycles. The van der Waals surface area contributed by atoms with Gasteiger partial charge in [0, 0.05) is 6.07 Å². The van der Waals surface area contributed by atoms with E-state index in [0.29, 0.717) is 12.1 Å². The van der Waals surface area contributed by atoms with Crippen molar-refractivity contribution in [3.05, 3.63) is 33.6 Å². The molecule has 0 aliphatic heterocycles. The number of ether oxygens (including phenoxy) is 1. The lowest BCUT2D eigenvalue weighted by atomic mass is 10.1. The first-order valence-electron chi connectivity index (χ1n) is 3.83. The van der Waals surface area contributed by atoms with Crippen LogP contribution in [0.15, 0.2) is 12.1 Å². The number of carbonyl (C=O) groups excluding carboxylic acids is 1. The molecular formula is C8H4F3NO4. The smallest absolute Gasteiger partial charge is 0.387 e. The van der Waals surface area contributed by atoms with E-state index >= 15 is 0 Å². The molecule has 0 aliphatic rings. The monoisotopic (exact) mass is 235 g/mol. The number of nitro groups is 1. The second kappa shape index (κ2) is 4.60. The second-order valence-corrected chi connectivity index (χ2v) is 2.59. The third-order valence-corrected chi connectivity index (χ3v) is 1.62. The Morgan fingerprint density at radius 1 is 1.44 bits per heavy atom. The molecule has 0 unspecified atom stereocenters. The Bertz CT molecular complexity index is 436. The van der Waals surface area contributed by atoms with Crippen molar-refractivity contribution in [1.82, 2.24) is 0 Å². The number of rotatable bonds is 4. The van der Waals surface area contributed by atoms with Gasteiger partial charge in [-0.1, -0.05) is 0 Å². The van der Waals surface area contributed by atoms with E-state index in [0.717, 1.165) is 0 Å². The molecular weight excluding hydrogens is 231 g/mol. The van der Waals surface area contributed by atoms with Gasteiger partial charge >= 0.3 is 6.61 Å². The predicted octanol–water partition coefficient (Wildman–Crippen LogP) is 2.15. The maximum atomic E-state index is 12.8. The van der Waals surface area contributed by atoms with Crippen LogP contribution in [0, 0.1) is 15.9 Å². The number of nitrogens with zero attached hydrogens (tertiary/aromatic N) is 1. The van der Waals surface area contributed by atoms with Crippen LogP contribution in [0.5, 0.6) is 5.75 Å². The molecule has 1 aromatic carbocycles. The highest BCUT2D eigenvalue weighted by Crippen LogP contribution is 2.29. The van der Waals surface area contributed by atoms with Crippen molar-refractivity contribution >= 4 is 12.0 Å². The molecule has 0 radical (unpaired) electrons. The van der Waals surface area contributed by atoms with Crippen LogP contribution in [0.1, 0.15) is 10.4 Å².